The lowest BCUT2D eigenvalue weighted by atomic mass is 9.88. The van der Waals surface area contributed by atoms with Crippen molar-refractivity contribution in [2.45, 2.75) is 25.4 Å². The van der Waals surface area contributed by atoms with E-state index in [0.29, 0.717) is 32.8 Å². The Kier molecular flexibility index (Phi) is 7.68. The van der Waals surface area contributed by atoms with E-state index >= 15 is 0 Å². The number of ketones is 1. The molecule has 1 heterocycles. The number of methoxy groups -OCH3 is 1. The van der Waals surface area contributed by atoms with E-state index in [2.05, 4.69) is 0 Å². The summed E-state index contributed by atoms with van der Waals surface area (Å²) in [7, 11) is 1.65. The molecule has 1 saturated heterocycles. The maximum atomic E-state index is 12.3. The lowest BCUT2D eigenvalue weighted by Gasteiger charge is -2.29. The molecular formula is C23H27NO6. The minimum atomic E-state index is -1.04. The molecule has 30 heavy (non-hydrogen) atoms. The van der Waals surface area contributed by atoms with Crippen LogP contribution in [0.1, 0.15) is 29.9 Å². The van der Waals surface area contributed by atoms with E-state index in [1.807, 2.05) is 48.5 Å². The number of hydrogen-bond acceptors (Lipinski definition) is 5. The second-order valence-electron chi connectivity index (χ2n) is 7.15. The van der Waals surface area contributed by atoms with Gasteiger partial charge in [0, 0.05) is 24.4 Å². The number of Topliss-reactive ketones (excluding diaryl/α,β-unsaturated/α-hetero) is 1. The second-order valence-corrected chi connectivity index (χ2v) is 7.15. The summed E-state index contributed by atoms with van der Waals surface area (Å²) in [5.74, 6) is 1.24. The molecule has 0 spiro atoms. The van der Waals surface area contributed by atoms with E-state index in [4.69, 9.17) is 19.3 Å². The van der Waals surface area contributed by atoms with Crippen molar-refractivity contribution in [2.75, 3.05) is 33.4 Å². The molecule has 0 radical (unpaired) electrons. The van der Waals surface area contributed by atoms with Crippen molar-refractivity contribution in [1.29, 1.82) is 0 Å². The summed E-state index contributed by atoms with van der Waals surface area (Å²) in [5.41, 5.74) is 1.91. The quantitative estimate of drug-likeness (QED) is 0.631. The second kappa shape index (κ2) is 10.6. The molecule has 0 saturated carbocycles. The van der Waals surface area contributed by atoms with Crippen LogP contribution in [0.5, 0.6) is 11.5 Å². The molecule has 1 fully saturated rings. The van der Waals surface area contributed by atoms with Crippen LogP contribution >= 0.6 is 0 Å². The Morgan fingerprint density at radius 2 is 1.90 bits per heavy atom. The number of carboxylic acid groups (broad SMARTS) is 1. The molecule has 0 aromatic heterocycles. The van der Waals surface area contributed by atoms with Gasteiger partial charge in [0.2, 0.25) is 0 Å². The van der Waals surface area contributed by atoms with Gasteiger partial charge in [0.15, 0.2) is 5.78 Å². The molecule has 1 aliphatic rings. The number of carbonyl (C=O) groups is 2. The number of nitrogens with zero attached hydrogens (tertiary/aromatic N) is 1. The number of benzene rings is 2. The molecule has 1 atom stereocenters. The van der Waals surface area contributed by atoms with Crippen LogP contribution in [0.25, 0.3) is 0 Å². The SMILES string of the molecule is COc1ccccc1COCCCOc1ccc(C2CCN(C(=O)O)CC2=O)cc1. The molecule has 2 aromatic carbocycles. The molecule has 3 rings (SSSR count). The van der Waals surface area contributed by atoms with Crippen LogP contribution in [-0.2, 0) is 16.1 Å². The first-order chi connectivity index (χ1) is 14.6. The highest BCUT2D eigenvalue weighted by Gasteiger charge is 2.30. The Morgan fingerprint density at radius 3 is 2.60 bits per heavy atom. The Morgan fingerprint density at radius 1 is 1.13 bits per heavy atom. The van der Waals surface area contributed by atoms with Gasteiger partial charge in [0.25, 0.3) is 0 Å². The van der Waals surface area contributed by atoms with Gasteiger partial charge in [-0.15, -0.1) is 0 Å². The molecule has 160 valence electrons. The van der Waals surface area contributed by atoms with Crippen LogP contribution in [0.15, 0.2) is 48.5 Å². The molecule has 2 aromatic rings. The average molecular weight is 413 g/mol. The highest BCUT2D eigenvalue weighted by molar-refractivity contribution is 5.90. The Labute approximate surface area is 176 Å². The number of para-hydroxylation sites is 1. The Bertz CT molecular complexity index is 851. The molecular weight excluding hydrogens is 386 g/mol. The topological polar surface area (TPSA) is 85.3 Å². The monoisotopic (exact) mass is 413 g/mol. The highest BCUT2D eigenvalue weighted by atomic mass is 16.5. The maximum Gasteiger partial charge on any atom is 0.407 e. The van der Waals surface area contributed by atoms with E-state index in [9.17, 15) is 9.59 Å². The van der Waals surface area contributed by atoms with Gasteiger partial charge in [-0.25, -0.2) is 4.79 Å². The summed E-state index contributed by atoms with van der Waals surface area (Å²) < 4.78 is 16.7. The van der Waals surface area contributed by atoms with Gasteiger partial charge in [0.05, 0.1) is 33.5 Å². The van der Waals surface area contributed by atoms with Crippen molar-refractivity contribution in [1.82, 2.24) is 4.90 Å². The lowest BCUT2D eigenvalue weighted by molar-refractivity contribution is -0.123. The molecule has 1 N–H and O–H groups in total. The molecule has 7 nitrogen and oxygen atoms in total. The fraction of sp³-hybridized carbons (Fsp3) is 0.391. The molecule has 1 aliphatic heterocycles. The lowest BCUT2D eigenvalue weighted by Crippen LogP contribution is -2.42. The number of piperidine rings is 1. The zero-order valence-electron chi connectivity index (χ0n) is 17.1. The number of hydrogen-bond donors (Lipinski definition) is 1. The number of carbonyl (C=O) groups excluding carboxylic acids is 1. The van der Waals surface area contributed by atoms with E-state index in [-0.39, 0.29) is 18.2 Å². The highest BCUT2D eigenvalue weighted by Crippen LogP contribution is 2.27. The summed E-state index contributed by atoms with van der Waals surface area (Å²) in [4.78, 5) is 24.4. The van der Waals surface area contributed by atoms with Gasteiger partial charge in [-0.1, -0.05) is 30.3 Å². The average Bonchev–Trinajstić information content (AvgIpc) is 2.76. The number of ether oxygens (including phenoxy) is 3. The van der Waals surface area contributed by atoms with Gasteiger partial charge in [-0.2, -0.15) is 0 Å². The number of rotatable bonds is 9. The minimum Gasteiger partial charge on any atom is -0.496 e. The summed E-state index contributed by atoms with van der Waals surface area (Å²) in [6.45, 7) is 1.92. The van der Waals surface area contributed by atoms with Crippen LogP contribution in [-0.4, -0.2) is 55.3 Å². The first-order valence-electron chi connectivity index (χ1n) is 10.0. The van der Waals surface area contributed by atoms with Crippen LogP contribution < -0.4 is 9.47 Å². The predicted molar refractivity (Wildman–Crippen MR) is 111 cm³/mol. The van der Waals surface area contributed by atoms with Crippen molar-refractivity contribution in [3.8, 4) is 11.5 Å². The number of likely N-dealkylation sites (tertiary alicyclic amines) is 1. The minimum absolute atomic E-state index is 0.0485. The summed E-state index contributed by atoms with van der Waals surface area (Å²) in [5, 5.41) is 9.01. The maximum absolute atomic E-state index is 12.3. The van der Waals surface area contributed by atoms with Gasteiger partial charge < -0.3 is 24.2 Å². The van der Waals surface area contributed by atoms with E-state index in [0.717, 1.165) is 33.9 Å². The Hall–Kier alpha value is -3.06. The van der Waals surface area contributed by atoms with Crippen LogP contribution in [0.4, 0.5) is 4.79 Å². The third-order valence-electron chi connectivity index (χ3n) is 5.13. The predicted octanol–water partition coefficient (Wildman–Crippen LogP) is 3.72. The third-order valence-corrected chi connectivity index (χ3v) is 5.13. The fourth-order valence-electron chi connectivity index (χ4n) is 3.49. The summed E-state index contributed by atoms with van der Waals surface area (Å²) in [6.07, 6.45) is 0.218. The molecule has 1 amide bonds. The summed E-state index contributed by atoms with van der Waals surface area (Å²) >= 11 is 0. The smallest absolute Gasteiger partial charge is 0.407 e. The number of amides is 1. The van der Waals surface area contributed by atoms with Gasteiger partial charge in [-0.05, 0) is 30.2 Å². The van der Waals surface area contributed by atoms with Crippen molar-refractivity contribution < 1.29 is 28.9 Å². The van der Waals surface area contributed by atoms with Gasteiger partial charge >= 0.3 is 6.09 Å². The molecule has 0 bridgehead atoms. The fourth-order valence-corrected chi connectivity index (χ4v) is 3.49. The standard InChI is InChI=1S/C23H27NO6/c1-28-22-6-3-2-5-18(22)16-29-13-4-14-30-19-9-7-17(8-10-19)20-11-12-24(23(26)27)15-21(20)25/h2-3,5-10,20H,4,11-16H2,1H3,(H,26,27). The zero-order chi connectivity index (χ0) is 21.3. The van der Waals surface area contributed by atoms with Crippen molar-refractivity contribution in [3.05, 3.63) is 59.7 Å². The third kappa shape index (κ3) is 5.73. The van der Waals surface area contributed by atoms with Crippen molar-refractivity contribution in [3.63, 3.8) is 0 Å². The van der Waals surface area contributed by atoms with E-state index < -0.39 is 6.09 Å². The Balaban J connectivity index is 1.38. The van der Waals surface area contributed by atoms with Gasteiger partial charge in [-0.3, -0.25) is 4.79 Å². The van der Waals surface area contributed by atoms with Crippen LogP contribution in [0, 0.1) is 0 Å². The van der Waals surface area contributed by atoms with Crippen molar-refractivity contribution in [2.24, 2.45) is 0 Å². The normalized spacial score (nSPS) is 16.4. The molecule has 1 unspecified atom stereocenters. The summed E-state index contributed by atoms with van der Waals surface area (Å²) in [6, 6.07) is 15.2. The first-order valence-corrected chi connectivity index (χ1v) is 10.0. The first kappa shape index (κ1) is 21.6. The van der Waals surface area contributed by atoms with Gasteiger partial charge in [0.1, 0.15) is 11.5 Å². The zero-order valence-corrected chi connectivity index (χ0v) is 17.1. The van der Waals surface area contributed by atoms with Crippen LogP contribution in [0.2, 0.25) is 0 Å². The largest absolute Gasteiger partial charge is 0.496 e. The van der Waals surface area contributed by atoms with E-state index in [1.54, 1.807) is 7.11 Å². The van der Waals surface area contributed by atoms with E-state index in [1.165, 1.54) is 0 Å². The van der Waals surface area contributed by atoms with Crippen molar-refractivity contribution >= 4 is 11.9 Å². The molecule has 7 heteroatoms. The molecule has 0 aliphatic carbocycles. The van der Waals surface area contributed by atoms with Crippen LogP contribution in [0.3, 0.4) is 0 Å².